The van der Waals surface area contributed by atoms with Gasteiger partial charge in [-0.05, 0) is 36.4 Å². The molecule has 0 saturated carbocycles. The summed E-state index contributed by atoms with van der Waals surface area (Å²) >= 11 is 0. The lowest BCUT2D eigenvalue weighted by molar-refractivity contribution is -0.110. The second-order valence-electron chi connectivity index (χ2n) is 8.37. The molecule has 0 atom stereocenters. The van der Waals surface area contributed by atoms with E-state index < -0.39 is 5.97 Å². The SMILES string of the molecule is N=C(NC(=N)c1cccc(Nc2ccc3c(c2)NC(=O)/C3=C\c2cc(C(=O)O)c[nH]2)c1)c1ccccc1. The van der Waals surface area contributed by atoms with Crippen LogP contribution >= 0.6 is 0 Å². The Morgan fingerprint density at radius 3 is 2.32 bits per heavy atom. The maximum Gasteiger partial charge on any atom is 0.337 e. The van der Waals surface area contributed by atoms with Crippen LogP contribution in [0.15, 0.2) is 85.1 Å². The average Bonchev–Trinajstić information content (AvgIpc) is 3.49. The van der Waals surface area contributed by atoms with Crippen molar-refractivity contribution in [2.75, 3.05) is 10.6 Å². The predicted octanol–water partition coefficient (Wildman–Crippen LogP) is 4.89. The van der Waals surface area contributed by atoms with E-state index in [-0.39, 0.29) is 23.1 Å². The highest BCUT2D eigenvalue weighted by Gasteiger charge is 2.24. The summed E-state index contributed by atoms with van der Waals surface area (Å²) in [5.41, 5.74) is 5.19. The van der Waals surface area contributed by atoms with Crippen LogP contribution in [-0.4, -0.2) is 33.6 Å². The molecule has 0 bridgehead atoms. The number of rotatable bonds is 6. The Morgan fingerprint density at radius 1 is 0.838 bits per heavy atom. The lowest BCUT2D eigenvalue weighted by Gasteiger charge is -2.12. The van der Waals surface area contributed by atoms with E-state index in [1.165, 1.54) is 12.3 Å². The van der Waals surface area contributed by atoms with E-state index in [4.69, 9.17) is 15.9 Å². The largest absolute Gasteiger partial charge is 0.478 e. The minimum atomic E-state index is -1.04. The first-order chi connectivity index (χ1) is 17.9. The Hall–Kier alpha value is -5.44. The molecule has 0 fully saturated rings. The molecule has 5 rings (SSSR count). The number of amidine groups is 2. The molecule has 9 heteroatoms. The van der Waals surface area contributed by atoms with Crippen molar-refractivity contribution in [2.24, 2.45) is 0 Å². The van der Waals surface area contributed by atoms with E-state index in [9.17, 15) is 9.59 Å². The molecule has 1 aliphatic rings. The Balaban J connectivity index is 1.31. The third-order valence-corrected chi connectivity index (χ3v) is 5.81. The van der Waals surface area contributed by atoms with E-state index >= 15 is 0 Å². The summed E-state index contributed by atoms with van der Waals surface area (Å²) in [6.45, 7) is 0. The first-order valence-corrected chi connectivity index (χ1v) is 11.3. The smallest absolute Gasteiger partial charge is 0.337 e. The Kier molecular flexibility index (Phi) is 6.09. The minimum Gasteiger partial charge on any atom is -0.478 e. The van der Waals surface area contributed by atoms with Crippen LogP contribution in [0.2, 0.25) is 0 Å². The van der Waals surface area contributed by atoms with Crippen molar-refractivity contribution in [3.8, 4) is 0 Å². The first-order valence-electron chi connectivity index (χ1n) is 11.3. The molecule has 1 aromatic heterocycles. The average molecular weight is 491 g/mol. The van der Waals surface area contributed by atoms with Crippen LogP contribution in [0.5, 0.6) is 0 Å². The van der Waals surface area contributed by atoms with Gasteiger partial charge in [0.25, 0.3) is 5.91 Å². The fraction of sp³-hybridized carbons (Fsp3) is 0. The number of anilines is 3. The number of H-pyrrole nitrogens is 1. The molecular weight excluding hydrogens is 468 g/mol. The molecular formula is C28H22N6O3. The summed E-state index contributed by atoms with van der Waals surface area (Å²) in [6, 6.07) is 23.4. The Morgan fingerprint density at radius 2 is 1.57 bits per heavy atom. The topological polar surface area (TPSA) is 154 Å². The number of carbonyl (C=O) groups excluding carboxylic acids is 1. The molecule has 4 aromatic rings. The number of carboxylic acid groups (broad SMARTS) is 1. The maximum absolute atomic E-state index is 12.6. The van der Waals surface area contributed by atoms with Crippen molar-refractivity contribution >= 4 is 52.3 Å². The normalized spacial score (nSPS) is 13.1. The zero-order valence-corrected chi connectivity index (χ0v) is 19.4. The number of aromatic carboxylic acids is 1. The number of benzene rings is 3. The number of aromatic nitrogens is 1. The van der Waals surface area contributed by atoms with Gasteiger partial charge in [-0.15, -0.1) is 0 Å². The predicted molar refractivity (Wildman–Crippen MR) is 144 cm³/mol. The van der Waals surface area contributed by atoms with E-state index in [1.807, 2.05) is 48.5 Å². The summed E-state index contributed by atoms with van der Waals surface area (Å²) in [5.74, 6) is -1.08. The standard InChI is InChI=1S/C28H22N6O3/c29-25(16-5-2-1-3-6-16)34-26(30)17-7-4-8-19(11-17)32-20-9-10-22-23(27(35)33-24(22)14-20)13-21-12-18(15-31-21)28(36)37/h1-15,31-32H,(H,33,35)(H,36,37)(H3,29,30,34)/b23-13-. The summed E-state index contributed by atoms with van der Waals surface area (Å²) in [5, 5.41) is 34.6. The van der Waals surface area contributed by atoms with Gasteiger partial charge in [0, 0.05) is 40.0 Å². The maximum atomic E-state index is 12.6. The zero-order valence-electron chi connectivity index (χ0n) is 19.4. The van der Waals surface area contributed by atoms with Gasteiger partial charge in [0.15, 0.2) is 0 Å². The Bertz CT molecular complexity index is 1590. The van der Waals surface area contributed by atoms with Gasteiger partial charge in [-0.25, -0.2) is 4.79 Å². The van der Waals surface area contributed by atoms with Gasteiger partial charge in [0.05, 0.1) is 16.8 Å². The fourth-order valence-electron chi connectivity index (χ4n) is 3.98. The van der Waals surface area contributed by atoms with Crippen molar-refractivity contribution in [3.63, 3.8) is 0 Å². The molecule has 0 radical (unpaired) electrons. The quantitative estimate of drug-likeness (QED) is 0.116. The number of amides is 1. The molecule has 2 heterocycles. The number of nitrogens with one attached hydrogen (secondary N) is 6. The van der Waals surface area contributed by atoms with E-state index in [0.29, 0.717) is 33.6 Å². The van der Waals surface area contributed by atoms with Crippen LogP contribution in [0.25, 0.3) is 11.6 Å². The summed E-state index contributed by atoms with van der Waals surface area (Å²) in [6.07, 6.45) is 3.00. The van der Waals surface area contributed by atoms with Crippen LogP contribution in [0.3, 0.4) is 0 Å². The highest BCUT2D eigenvalue weighted by atomic mass is 16.4. The van der Waals surface area contributed by atoms with Gasteiger partial charge < -0.3 is 26.0 Å². The lowest BCUT2D eigenvalue weighted by Crippen LogP contribution is -2.30. The second-order valence-corrected chi connectivity index (χ2v) is 8.37. The molecule has 9 nitrogen and oxygen atoms in total. The number of carbonyl (C=O) groups is 2. The van der Waals surface area contributed by atoms with E-state index in [1.54, 1.807) is 30.3 Å². The Labute approximate surface area is 211 Å². The summed E-state index contributed by atoms with van der Waals surface area (Å²) in [7, 11) is 0. The molecule has 0 spiro atoms. The third-order valence-electron chi connectivity index (χ3n) is 5.81. The molecule has 0 aliphatic carbocycles. The van der Waals surface area contributed by atoms with Gasteiger partial charge in [-0.1, -0.05) is 48.5 Å². The molecule has 0 saturated heterocycles. The molecule has 3 aromatic carbocycles. The van der Waals surface area contributed by atoms with Crippen molar-refractivity contribution in [2.45, 2.75) is 0 Å². The van der Waals surface area contributed by atoms with Crippen LogP contribution in [-0.2, 0) is 4.79 Å². The fourth-order valence-corrected chi connectivity index (χ4v) is 3.98. The van der Waals surface area contributed by atoms with Gasteiger partial charge >= 0.3 is 5.97 Å². The number of hydrogen-bond acceptors (Lipinski definition) is 5. The van der Waals surface area contributed by atoms with Crippen molar-refractivity contribution in [3.05, 3.63) is 113 Å². The zero-order chi connectivity index (χ0) is 25.9. The molecule has 37 heavy (non-hydrogen) atoms. The monoisotopic (exact) mass is 490 g/mol. The summed E-state index contributed by atoms with van der Waals surface area (Å²) < 4.78 is 0. The van der Waals surface area contributed by atoms with Crippen LogP contribution in [0.4, 0.5) is 17.1 Å². The highest BCUT2D eigenvalue weighted by molar-refractivity contribution is 6.35. The summed E-state index contributed by atoms with van der Waals surface area (Å²) in [4.78, 5) is 26.6. The van der Waals surface area contributed by atoms with Gasteiger partial charge in [0.1, 0.15) is 11.7 Å². The van der Waals surface area contributed by atoms with Crippen LogP contribution in [0, 0.1) is 10.8 Å². The van der Waals surface area contributed by atoms with Crippen molar-refractivity contribution < 1.29 is 14.7 Å². The van der Waals surface area contributed by atoms with Gasteiger partial charge in [-0.2, -0.15) is 0 Å². The van der Waals surface area contributed by atoms with E-state index in [2.05, 4.69) is 20.9 Å². The second kappa shape index (κ2) is 9.67. The highest BCUT2D eigenvalue weighted by Crippen LogP contribution is 2.35. The van der Waals surface area contributed by atoms with Gasteiger partial charge in [0.2, 0.25) is 0 Å². The molecule has 7 N–H and O–H groups in total. The first kappa shape index (κ1) is 23.3. The lowest BCUT2D eigenvalue weighted by atomic mass is 10.1. The number of hydrogen-bond donors (Lipinski definition) is 7. The number of carboxylic acids is 1. The van der Waals surface area contributed by atoms with Crippen LogP contribution < -0.4 is 16.0 Å². The molecule has 1 aliphatic heterocycles. The van der Waals surface area contributed by atoms with Crippen LogP contribution in [0.1, 0.15) is 32.7 Å². The van der Waals surface area contributed by atoms with Crippen molar-refractivity contribution in [1.29, 1.82) is 10.8 Å². The molecule has 1 amide bonds. The number of aromatic amines is 1. The number of fused-ring (bicyclic) bond motifs is 1. The van der Waals surface area contributed by atoms with Gasteiger partial charge in [-0.3, -0.25) is 15.6 Å². The van der Waals surface area contributed by atoms with E-state index in [0.717, 1.165) is 11.4 Å². The molecule has 182 valence electrons. The minimum absolute atomic E-state index is 0.101. The third kappa shape index (κ3) is 5.01. The molecule has 0 unspecified atom stereocenters. The van der Waals surface area contributed by atoms with Crippen molar-refractivity contribution in [1.82, 2.24) is 10.3 Å².